The molecule has 0 radical (unpaired) electrons. The number of amides is 1. The predicted molar refractivity (Wildman–Crippen MR) is 99.7 cm³/mol. The van der Waals surface area contributed by atoms with Gasteiger partial charge < -0.3 is 9.47 Å². The maximum absolute atomic E-state index is 12.9. The highest BCUT2D eigenvalue weighted by atomic mass is 16.2. The average molecular weight is 349 g/mol. The minimum absolute atomic E-state index is 0.0193. The van der Waals surface area contributed by atoms with Gasteiger partial charge in [0.15, 0.2) is 5.65 Å². The molecule has 6 heteroatoms. The van der Waals surface area contributed by atoms with Crippen molar-refractivity contribution in [2.24, 2.45) is 0 Å². The Morgan fingerprint density at radius 3 is 2.73 bits per heavy atom. The zero-order valence-corrected chi connectivity index (χ0v) is 15.0. The molecular formula is C20H23N5O. The molecule has 1 saturated carbocycles. The molecule has 1 aliphatic rings. The number of hydrogen-bond donors (Lipinski definition) is 0. The quantitative estimate of drug-likeness (QED) is 0.706. The maximum atomic E-state index is 12.9. The Labute approximate surface area is 152 Å². The van der Waals surface area contributed by atoms with Crippen LogP contribution in [0.2, 0.25) is 0 Å². The zero-order valence-electron chi connectivity index (χ0n) is 15.0. The van der Waals surface area contributed by atoms with Gasteiger partial charge >= 0.3 is 0 Å². The molecule has 1 fully saturated rings. The van der Waals surface area contributed by atoms with Crippen molar-refractivity contribution < 1.29 is 4.79 Å². The second kappa shape index (κ2) is 7.23. The first-order chi connectivity index (χ1) is 12.8. The summed E-state index contributed by atoms with van der Waals surface area (Å²) in [7, 11) is 0. The van der Waals surface area contributed by atoms with Crippen LogP contribution in [-0.4, -0.2) is 36.9 Å². The molecule has 0 atom stereocenters. The Morgan fingerprint density at radius 1 is 1.23 bits per heavy atom. The van der Waals surface area contributed by atoms with Crippen molar-refractivity contribution in [3.05, 3.63) is 54.2 Å². The summed E-state index contributed by atoms with van der Waals surface area (Å²) < 4.78 is 2.17. The van der Waals surface area contributed by atoms with Gasteiger partial charge in [-0.1, -0.05) is 12.8 Å². The van der Waals surface area contributed by atoms with Gasteiger partial charge in [0.05, 0.1) is 11.9 Å². The fraction of sp³-hybridized carbons (Fsp3) is 0.400. The lowest BCUT2D eigenvalue weighted by Gasteiger charge is -2.21. The van der Waals surface area contributed by atoms with Crippen LogP contribution >= 0.6 is 0 Å². The molecule has 3 aromatic heterocycles. The highest BCUT2D eigenvalue weighted by Crippen LogP contribution is 2.31. The first-order valence-electron chi connectivity index (χ1n) is 9.27. The van der Waals surface area contributed by atoms with Crippen molar-refractivity contribution in [3.8, 4) is 0 Å². The van der Waals surface area contributed by atoms with E-state index in [1.54, 1.807) is 18.6 Å². The molecule has 0 N–H and O–H groups in total. The van der Waals surface area contributed by atoms with Crippen LogP contribution < -0.4 is 0 Å². The number of pyridine rings is 2. The second-order valence-corrected chi connectivity index (χ2v) is 6.83. The summed E-state index contributed by atoms with van der Waals surface area (Å²) >= 11 is 0. The van der Waals surface area contributed by atoms with E-state index in [1.165, 1.54) is 25.7 Å². The lowest BCUT2D eigenvalue weighted by atomic mass is 10.2. The fourth-order valence-electron chi connectivity index (χ4n) is 3.70. The summed E-state index contributed by atoms with van der Waals surface area (Å²) in [6.07, 6.45) is 12.0. The third-order valence-corrected chi connectivity index (χ3v) is 5.17. The maximum Gasteiger partial charge on any atom is 0.255 e. The van der Waals surface area contributed by atoms with Gasteiger partial charge in [-0.05, 0) is 43.5 Å². The van der Waals surface area contributed by atoms with Gasteiger partial charge in [-0.3, -0.25) is 9.78 Å². The molecule has 0 saturated heterocycles. The van der Waals surface area contributed by atoms with E-state index >= 15 is 0 Å². The molecule has 134 valence electrons. The van der Waals surface area contributed by atoms with Crippen molar-refractivity contribution in [2.75, 3.05) is 6.54 Å². The Hall–Kier alpha value is -2.76. The number of carbonyl (C=O) groups is 1. The van der Waals surface area contributed by atoms with E-state index in [2.05, 4.69) is 19.5 Å². The molecule has 6 nitrogen and oxygen atoms in total. The summed E-state index contributed by atoms with van der Waals surface area (Å²) in [5.74, 6) is -0.0193. The Balaban J connectivity index is 1.58. The smallest absolute Gasteiger partial charge is 0.255 e. The van der Waals surface area contributed by atoms with Crippen LogP contribution in [0.4, 0.5) is 0 Å². The Bertz CT molecular complexity index is 899. The van der Waals surface area contributed by atoms with Crippen LogP contribution in [-0.2, 0) is 6.54 Å². The monoisotopic (exact) mass is 349 g/mol. The summed E-state index contributed by atoms with van der Waals surface area (Å²) in [4.78, 5) is 27.8. The van der Waals surface area contributed by atoms with Crippen LogP contribution in [0.3, 0.4) is 0 Å². The lowest BCUT2D eigenvalue weighted by Crippen LogP contribution is -2.30. The van der Waals surface area contributed by atoms with Gasteiger partial charge in [-0.2, -0.15) is 0 Å². The summed E-state index contributed by atoms with van der Waals surface area (Å²) in [6.45, 7) is 3.18. The van der Waals surface area contributed by atoms with Crippen molar-refractivity contribution in [2.45, 2.75) is 45.2 Å². The zero-order chi connectivity index (χ0) is 17.9. The number of aromatic nitrogens is 4. The molecule has 1 amide bonds. The molecule has 3 aromatic rings. The van der Waals surface area contributed by atoms with Crippen LogP contribution in [0.25, 0.3) is 11.2 Å². The number of rotatable bonds is 5. The first kappa shape index (κ1) is 16.7. The van der Waals surface area contributed by atoms with E-state index in [4.69, 9.17) is 0 Å². The lowest BCUT2D eigenvalue weighted by molar-refractivity contribution is 0.0752. The van der Waals surface area contributed by atoms with Crippen molar-refractivity contribution in [1.29, 1.82) is 0 Å². The SMILES string of the molecule is CCN(Cc1ccncc1)C(=O)c1cnc2c(c1)ncn2C1CCCC1. The molecule has 1 aliphatic carbocycles. The van der Waals surface area contributed by atoms with Crippen molar-refractivity contribution in [1.82, 2.24) is 24.4 Å². The number of hydrogen-bond acceptors (Lipinski definition) is 4. The van der Waals surface area contributed by atoms with E-state index in [0.717, 1.165) is 16.7 Å². The Morgan fingerprint density at radius 2 is 2.00 bits per heavy atom. The molecule has 26 heavy (non-hydrogen) atoms. The van der Waals surface area contributed by atoms with E-state index in [1.807, 2.05) is 36.4 Å². The minimum atomic E-state index is -0.0193. The molecule has 3 heterocycles. The number of fused-ring (bicyclic) bond motifs is 1. The molecular weight excluding hydrogens is 326 g/mol. The second-order valence-electron chi connectivity index (χ2n) is 6.83. The van der Waals surface area contributed by atoms with Crippen molar-refractivity contribution >= 4 is 17.1 Å². The molecule has 0 unspecified atom stereocenters. The van der Waals surface area contributed by atoms with Gasteiger partial charge in [-0.15, -0.1) is 0 Å². The van der Waals surface area contributed by atoms with Gasteiger partial charge in [0.2, 0.25) is 0 Å². The topological polar surface area (TPSA) is 63.9 Å². The van der Waals surface area contributed by atoms with Crippen LogP contribution in [0, 0.1) is 0 Å². The first-order valence-corrected chi connectivity index (χ1v) is 9.27. The van der Waals surface area contributed by atoms with Crippen LogP contribution in [0.1, 0.15) is 54.6 Å². The van der Waals surface area contributed by atoms with E-state index in [9.17, 15) is 4.79 Å². The molecule has 0 aliphatic heterocycles. The number of nitrogens with zero attached hydrogens (tertiary/aromatic N) is 5. The van der Waals surface area contributed by atoms with Crippen LogP contribution in [0.15, 0.2) is 43.1 Å². The van der Waals surface area contributed by atoms with E-state index < -0.39 is 0 Å². The van der Waals surface area contributed by atoms with Gasteiger partial charge in [0.1, 0.15) is 5.52 Å². The fourth-order valence-corrected chi connectivity index (χ4v) is 3.70. The largest absolute Gasteiger partial charge is 0.335 e. The molecule has 4 rings (SSSR count). The van der Waals surface area contributed by atoms with Gasteiger partial charge in [-0.25, -0.2) is 9.97 Å². The standard InChI is InChI=1S/C20H23N5O/c1-2-24(13-15-7-9-21-10-8-15)20(26)16-11-18-19(22-12-16)25(14-23-18)17-5-3-4-6-17/h7-12,14,17H,2-6,13H2,1H3. The summed E-state index contributed by atoms with van der Waals surface area (Å²) in [5.41, 5.74) is 3.33. The predicted octanol–water partition coefficient (Wildman–Crippen LogP) is 3.60. The van der Waals surface area contributed by atoms with E-state index in [0.29, 0.717) is 24.7 Å². The average Bonchev–Trinajstić information content (AvgIpc) is 3.35. The van der Waals surface area contributed by atoms with Crippen LogP contribution in [0.5, 0.6) is 0 Å². The normalized spacial score (nSPS) is 14.8. The van der Waals surface area contributed by atoms with E-state index in [-0.39, 0.29) is 5.91 Å². The molecule has 0 bridgehead atoms. The van der Waals surface area contributed by atoms with Gasteiger partial charge in [0.25, 0.3) is 5.91 Å². The summed E-state index contributed by atoms with van der Waals surface area (Å²) in [5, 5.41) is 0. The number of imidazole rings is 1. The molecule has 0 spiro atoms. The third-order valence-electron chi connectivity index (χ3n) is 5.17. The molecule has 0 aromatic carbocycles. The van der Waals surface area contributed by atoms with Gasteiger partial charge in [0, 0.05) is 37.7 Å². The minimum Gasteiger partial charge on any atom is -0.335 e. The highest BCUT2D eigenvalue weighted by molar-refractivity contribution is 5.96. The summed E-state index contributed by atoms with van der Waals surface area (Å²) in [6, 6.07) is 6.22. The Kier molecular flexibility index (Phi) is 4.65. The number of carbonyl (C=O) groups excluding carboxylic acids is 1. The highest BCUT2D eigenvalue weighted by Gasteiger charge is 2.21. The van der Waals surface area contributed by atoms with Crippen molar-refractivity contribution in [3.63, 3.8) is 0 Å². The third kappa shape index (κ3) is 3.19.